The van der Waals surface area contributed by atoms with Crippen LogP contribution in [0.2, 0.25) is 0 Å². The van der Waals surface area contributed by atoms with Crippen LogP contribution in [0, 0.1) is 6.42 Å². The van der Waals surface area contributed by atoms with Crippen molar-refractivity contribution in [1.29, 1.82) is 0 Å². The summed E-state index contributed by atoms with van der Waals surface area (Å²) in [4.78, 5) is 0. The first-order valence-corrected chi connectivity index (χ1v) is 10.7. The highest BCUT2D eigenvalue weighted by Crippen LogP contribution is 2.14. The molecule has 0 atom stereocenters. The van der Waals surface area contributed by atoms with E-state index in [1.807, 2.05) is 0 Å². The highest BCUT2D eigenvalue weighted by atomic mass is 14.0. The quantitative estimate of drug-likeness (QED) is 0.209. The zero-order valence-corrected chi connectivity index (χ0v) is 16.0. The van der Waals surface area contributed by atoms with Crippen molar-refractivity contribution in [3.8, 4) is 0 Å². The maximum absolute atomic E-state index is 2.51. The van der Waals surface area contributed by atoms with E-state index in [1.165, 1.54) is 122 Å². The van der Waals surface area contributed by atoms with E-state index in [4.69, 9.17) is 0 Å². The Hall–Kier alpha value is 0. The predicted molar refractivity (Wildman–Crippen MR) is 103 cm³/mol. The topological polar surface area (TPSA) is 0 Å². The Morgan fingerprint density at radius 3 is 1.09 bits per heavy atom. The summed E-state index contributed by atoms with van der Waals surface area (Å²) in [6, 6.07) is 0. The lowest BCUT2D eigenvalue weighted by molar-refractivity contribution is 0.531. The number of rotatable bonds is 19. The summed E-state index contributed by atoms with van der Waals surface area (Å²) in [5, 5.41) is 0. The molecular weight excluding hydrogens is 264 g/mol. The van der Waals surface area contributed by atoms with Crippen LogP contribution in [0.1, 0.15) is 136 Å². The second-order valence-corrected chi connectivity index (χ2v) is 7.17. The van der Waals surface area contributed by atoms with Gasteiger partial charge in [-0.2, -0.15) is 0 Å². The third-order valence-corrected chi connectivity index (χ3v) is 4.77. The highest BCUT2D eigenvalue weighted by molar-refractivity contribution is 4.63. The molecule has 0 nitrogen and oxygen atoms in total. The monoisotopic (exact) mass is 309 g/mol. The summed E-state index contributed by atoms with van der Waals surface area (Å²) >= 11 is 0. The van der Waals surface area contributed by atoms with Crippen molar-refractivity contribution in [3.05, 3.63) is 6.42 Å². The molecule has 0 heteroatoms. The third kappa shape index (κ3) is 20.0. The van der Waals surface area contributed by atoms with Gasteiger partial charge in [-0.05, 0) is 6.42 Å². The SMILES string of the molecule is CCCC[CH]CCCCCCCCCCCCCCCCC. The zero-order chi connectivity index (χ0) is 16.1. The molecule has 1 radical (unpaired) electrons. The summed E-state index contributed by atoms with van der Waals surface area (Å²) in [5.74, 6) is 0. The lowest BCUT2D eigenvalue weighted by Crippen LogP contribution is -1.84. The summed E-state index contributed by atoms with van der Waals surface area (Å²) < 4.78 is 0. The van der Waals surface area contributed by atoms with Crippen LogP contribution < -0.4 is 0 Å². The zero-order valence-electron chi connectivity index (χ0n) is 16.0. The molecule has 0 bridgehead atoms. The normalized spacial score (nSPS) is 11.2. The van der Waals surface area contributed by atoms with Crippen LogP contribution in [0.3, 0.4) is 0 Å². The maximum Gasteiger partial charge on any atom is -0.0386 e. The van der Waals surface area contributed by atoms with Gasteiger partial charge in [0.2, 0.25) is 0 Å². The van der Waals surface area contributed by atoms with E-state index in [0.717, 1.165) is 0 Å². The van der Waals surface area contributed by atoms with Gasteiger partial charge in [-0.15, -0.1) is 0 Å². The van der Waals surface area contributed by atoms with Crippen LogP contribution in [-0.4, -0.2) is 0 Å². The van der Waals surface area contributed by atoms with Crippen molar-refractivity contribution in [1.82, 2.24) is 0 Å². The Bertz CT molecular complexity index is 153. The molecule has 0 aromatic rings. The largest absolute Gasteiger partial charge is 0.0654 e. The van der Waals surface area contributed by atoms with Crippen molar-refractivity contribution < 1.29 is 0 Å². The Morgan fingerprint density at radius 1 is 0.364 bits per heavy atom. The van der Waals surface area contributed by atoms with Crippen LogP contribution >= 0.6 is 0 Å². The predicted octanol–water partition coefficient (Wildman–Crippen LogP) is 8.64. The first kappa shape index (κ1) is 22.0. The van der Waals surface area contributed by atoms with Crippen molar-refractivity contribution in [3.63, 3.8) is 0 Å². The van der Waals surface area contributed by atoms with Gasteiger partial charge in [-0.1, -0.05) is 136 Å². The molecule has 0 amide bonds. The van der Waals surface area contributed by atoms with Gasteiger partial charge in [0.25, 0.3) is 0 Å². The summed E-state index contributed by atoms with van der Waals surface area (Å²) in [5.41, 5.74) is 0. The molecule has 22 heavy (non-hydrogen) atoms. The standard InChI is InChI=1S/C22H45/c1-3-5-7-9-11-13-15-17-19-21-22-20-18-16-14-12-10-8-6-4-2/h9H,3-8,10-22H2,1-2H3. The van der Waals surface area contributed by atoms with E-state index in [1.54, 1.807) is 0 Å². The van der Waals surface area contributed by atoms with E-state index in [0.29, 0.717) is 0 Å². The average Bonchev–Trinajstić information content (AvgIpc) is 2.54. The van der Waals surface area contributed by atoms with Gasteiger partial charge in [-0.25, -0.2) is 0 Å². The second kappa shape index (κ2) is 21.0. The molecule has 0 aliphatic rings. The molecule has 0 saturated heterocycles. The summed E-state index contributed by atoms with van der Waals surface area (Å²) in [6.07, 6.45) is 29.9. The molecule has 0 heterocycles. The Morgan fingerprint density at radius 2 is 0.682 bits per heavy atom. The number of hydrogen-bond acceptors (Lipinski definition) is 0. The molecule has 0 rings (SSSR count). The fourth-order valence-electron chi connectivity index (χ4n) is 3.15. The molecule has 0 N–H and O–H groups in total. The lowest BCUT2D eigenvalue weighted by atomic mass is 10.0. The van der Waals surface area contributed by atoms with Crippen molar-refractivity contribution in [2.24, 2.45) is 0 Å². The Kier molecular flexibility index (Phi) is 21.0. The van der Waals surface area contributed by atoms with Crippen LogP contribution in [0.4, 0.5) is 0 Å². The van der Waals surface area contributed by atoms with Crippen LogP contribution in [0.15, 0.2) is 0 Å². The molecule has 133 valence electrons. The molecule has 0 aromatic carbocycles. The van der Waals surface area contributed by atoms with Crippen molar-refractivity contribution in [2.75, 3.05) is 0 Å². The van der Waals surface area contributed by atoms with Crippen LogP contribution in [-0.2, 0) is 0 Å². The molecule has 0 aliphatic carbocycles. The smallest absolute Gasteiger partial charge is 0.0386 e. The highest BCUT2D eigenvalue weighted by Gasteiger charge is 1.94. The molecule has 0 saturated carbocycles. The molecule has 0 fully saturated rings. The average molecular weight is 310 g/mol. The van der Waals surface area contributed by atoms with Crippen LogP contribution in [0.5, 0.6) is 0 Å². The van der Waals surface area contributed by atoms with Gasteiger partial charge >= 0.3 is 0 Å². The minimum Gasteiger partial charge on any atom is -0.0654 e. The van der Waals surface area contributed by atoms with E-state index in [-0.39, 0.29) is 0 Å². The van der Waals surface area contributed by atoms with E-state index in [9.17, 15) is 0 Å². The van der Waals surface area contributed by atoms with Gasteiger partial charge in [0.15, 0.2) is 0 Å². The van der Waals surface area contributed by atoms with Crippen molar-refractivity contribution >= 4 is 0 Å². The van der Waals surface area contributed by atoms with Gasteiger partial charge in [0.05, 0.1) is 0 Å². The second-order valence-electron chi connectivity index (χ2n) is 7.17. The number of unbranched alkanes of at least 4 members (excludes halogenated alkanes) is 19. The number of hydrogen-bond donors (Lipinski definition) is 0. The van der Waals surface area contributed by atoms with Crippen LogP contribution in [0.25, 0.3) is 0 Å². The molecule has 0 unspecified atom stereocenters. The summed E-state index contributed by atoms with van der Waals surface area (Å²) in [6.45, 7) is 4.58. The Balaban J connectivity index is 2.91. The molecule has 0 aromatic heterocycles. The van der Waals surface area contributed by atoms with E-state index in [2.05, 4.69) is 20.3 Å². The molecular formula is C22H45. The molecule has 0 spiro atoms. The van der Waals surface area contributed by atoms with Gasteiger partial charge in [0.1, 0.15) is 0 Å². The molecule has 0 aliphatic heterocycles. The minimum absolute atomic E-state index is 1.34. The first-order chi connectivity index (χ1) is 10.9. The third-order valence-electron chi connectivity index (χ3n) is 4.77. The van der Waals surface area contributed by atoms with Gasteiger partial charge in [0, 0.05) is 0 Å². The maximum atomic E-state index is 2.51. The first-order valence-electron chi connectivity index (χ1n) is 10.7. The van der Waals surface area contributed by atoms with Crippen molar-refractivity contribution in [2.45, 2.75) is 136 Å². The summed E-state index contributed by atoms with van der Waals surface area (Å²) in [7, 11) is 0. The van der Waals surface area contributed by atoms with Gasteiger partial charge < -0.3 is 0 Å². The lowest BCUT2D eigenvalue weighted by Gasteiger charge is -2.03. The fraction of sp³-hybridized carbons (Fsp3) is 0.955. The van der Waals surface area contributed by atoms with E-state index >= 15 is 0 Å². The Labute approximate surface area is 142 Å². The minimum atomic E-state index is 1.34. The van der Waals surface area contributed by atoms with Gasteiger partial charge in [-0.3, -0.25) is 0 Å². The fourth-order valence-corrected chi connectivity index (χ4v) is 3.15. The van der Waals surface area contributed by atoms with E-state index < -0.39 is 0 Å².